The monoisotopic (exact) mass is 413 g/mol. The van der Waals surface area contributed by atoms with Crippen LogP contribution < -0.4 is 0 Å². The van der Waals surface area contributed by atoms with Crippen LogP contribution >= 0.6 is 0 Å². The molecule has 4 aliphatic carbocycles. The van der Waals surface area contributed by atoms with Crippen LogP contribution in [0.2, 0.25) is 0 Å². The highest BCUT2D eigenvalue weighted by Crippen LogP contribution is 2.67. The van der Waals surface area contributed by atoms with E-state index in [-0.39, 0.29) is 6.10 Å². The van der Waals surface area contributed by atoms with Gasteiger partial charge in [-0.05, 0) is 112 Å². The maximum Gasteiger partial charge on any atom is 0.0817 e. The number of aliphatic hydroxyl groups excluding tert-OH is 1. The minimum absolute atomic E-state index is 0.108. The summed E-state index contributed by atoms with van der Waals surface area (Å²) in [6, 6.07) is 0. The summed E-state index contributed by atoms with van der Waals surface area (Å²) in [7, 11) is 0. The van der Waals surface area contributed by atoms with Gasteiger partial charge in [-0.15, -0.1) is 0 Å². The molecule has 3 fully saturated rings. The van der Waals surface area contributed by atoms with Gasteiger partial charge in [0.25, 0.3) is 0 Å². The van der Waals surface area contributed by atoms with Gasteiger partial charge in [0.1, 0.15) is 0 Å². The number of aliphatic imine (C=N–C) groups is 1. The van der Waals surface area contributed by atoms with Crippen LogP contribution in [0, 0.1) is 40.4 Å². The van der Waals surface area contributed by atoms with E-state index in [0.29, 0.717) is 23.3 Å². The van der Waals surface area contributed by atoms with Gasteiger partial charge in [0.05, 0.1) is 18.2 Å². The Morgan fingerprint density at radius 1 is 1.03 bits per heavy atom. The van der Waals surface area contributed by atoms with Gasteiger partial charge in [0.2, 0.25) is 0 Å². The van der Waals surface area contributed by atoms with Gasteiger partial charge in [-0.3, -0.25) is 4.99 Å². The third-order valence-electron chi connectivity index (χ3n) is 10.8. The minimum atomic E-state index is -0.599. The number of nitrogens with zero attached hydrogens (tertiary/aromatic N) is 1. The Balaban J connectivity index is 1.37. The Hall–Kier alpha value is -0.670. The molecule has 1 aliphatic heterocycles. The van der Waals surface area contributed by atoms with Crippen LogP contribution in [0.25, 0.3) is 0 Å². The van der Waals surface area contributed by atoms with Gasteiger partial charge in [-0.1, -0.05) is 32.4 Å². The average molecular weight is 414 g/mol. The summed E-state index contributed by atoms with van der Waals surface area (Å²) >= 11 is 0. The molecule has 0 aromatic heterocycles. The maximum atomic E-state index is 10.3. The van der Waals surface area contributed by atoms with Crippen molar-refractivity contribution < 1.29 is 10.2 Å². The van der Waals surface area contributed by atoms with Crippen LogP contribution in [-0.4, -0.2) is 34.2 Å². The molecule has 0 amide bonds. The van der Waals surface area contributed by atoms with Gasteiger partial charge >= 0.3 is 0 Å². The van der Waals surface area contributed by atoms with Crippen LogP contribution in [-0.2, 0) is 0 Å². The van der Waals surface area contributed by atoms with Crippen molar-refractivity contribution in [2.24, 2.45) is 45.4 Å². The second-order valence-corrected chi connectivity index (χ2v) is 12.5. The zero-order valence-electron chi connectivity index (χ0n) is 19.7. The highest BCUT2D eigenvalue weighted by molar-refractivity contribution is 5.87. The summed E-state index contributed by atoms with van der Waals surface area (Å²) in [6.45, 7) is 10.1. The number of aliphatic hydroxyl groups is 2. The topological polar surface area (TPSA) is 52.8 Å². The zero-order valence-corrected chi connectivity index (χ0v) is 19.7. The second kappa shape index (κ2) is 7.17. The lowest BCUT2D eigenvalue weighted by atomic mass is 9.47. The molecule has 3 nitrogen and oxygen atoms in total. The van der Waals surface area contributed by atoms with Crippen LogP contribution in [0.4, 0.5) is 0 Å². The van der Waals surface area contributed by atoms with Crippen molar-refractivity contribution in [3.8, 4) is 0 Å². The first kappa shape index (κ1) is 21.2. The SMILES string of the molecule is C[C@H](C1=NC[C@](C)(O)CC1)[C@H]1CC[C@H]2[C@@H]3CC=C4C[C@@H](O)CC[C@]4(C)[C@H]3CC[C@]12C. The van der Waals surface area contributed by atoms with Crippen molar-refractivity contribution >= 4 is 5.71 Å². The molecule has 9 atom stereocenters. The molecule has 0 bridgehead atoms. The van der Waals surface area contributed by atoms with Crippen LogP contribution in [0.3, 0.4) is 0 Å². The normalized spacial score (nSPS) is 51.9. The van der Waals surface area contributed by atoms with Crippen LogP contribution in [0.5, 0.6) is 0 Å². The fourth-order valence-electron chi connectivity index (χ4n) is 8.93. The van der Waals surface area contributed by atoms with E-state index < -0.39 is 5.60 Å². The Morgan fingerprint density at radius 2 is 1.83 bits per heavy atom. The van der Waals surface area contributed by atoms with E-state index in [2.05, 4.69) is 26.8 Å². The van der Waals surface area contributed by atoms with E-state index in [4.69, 9.17) is 4.99 Å². The predicted octanol–water partition coefficient (Wildman–Crippen LogP) is 5.55. The number of hydrogen-bond acceptors (Lipinski definition) is 3. The molecular formula is C27H43NO2. The molecule has 3 heteroatoms. The molecule has 0 aromatic rings. The fraction of sp³-hybridized carbons (Fsp3) is 0.889. The van der Waals surface area contributed by atoms with E-state index in [1.54, 1.807) is 5.57 Å². The molecular weight excluding hydrogens is 370 g/mol. The van der Waals surface area contributed by atoms with Crippen molar-refractivity contribution in [3.63, 3.8) is 0 Å². The van der Waals surface area contributed by atoms with Crippen molar-refractivity contribution in [2.75, 3.05) is 6.54 Å². The van der Waals surface area contributed by atoms with Gasteiger partial charge in [0, 0.05) is 5.71 Å². The summed E-state index contributed by atoms with van der Waals surface area (Å²) in [6.07, 6.45) is 14.1. The smallest absolute Gasteiger partial charge is 0.0817 e. The molecule has 2 N–H and O–H groups in total. The van der Waals surface area contributed by atoms with Gasteiger partial charge in [-0.25, -0.2) is 0 Å². The Kier molecular flexibility index (Phi) is 5.06. The van der Waals surface area contributed by atoms with E-state index in [1.807, 2.05) is 6.92 Å². The molecule has 168 valence electrons. The van der Waals surface area contributed by atoms with Crippen molar-refractivity contribution in [2.45, 2.75) is 104 Å². The van der Waals surface area contributed by atoms with Crippen molar-refractivity contribution in [3.05, 3.63) is 11.6 Å². The molecule has 3 saturated carbocycles. The lowest BCUT2D eigenvalue weighted by molar-refractivity contribution is -0.0533. The second-order valence-electron chi connectivity index (χ2n) is 12.5. The lowest BCUT2D eigenvalue weighted by Crippen LogP contribution is -2.51. The third kappa shape index (κ3) is 3.17. The summed E-state index contributed by atoms with van der Waals surface area (Å²) in [5.74, 6) is 3.80. The number of fused-ring (bicyclic) bond motifs is 5. The van der Waals surface area contributed by atoms with E-state index >= 15 is 0 Å². The third-order valence-corrected chi connectivity index (χ3v) is 10.8. The molecule has 0 aromatic carbocycles. The van der Waals surface area contributed by atoms with E-state index in [9.17, 15) is 10.2 Å². The maximum absolute atomic E-state index is 10.3. The lowest BCUT2D eigenvalue weighted by Gasteiger charge is -2.58. The highest BCUT2D eigenvalue weighted by Gasteiger charge is 2.59. The number of rotatable bonds is 2. The molecule has 0 unspecified atom stereocenters. The minimum Gasteiger partial charge on any atom is -0.393 e. The number of hydrogen-bond donors (Lipinski definition) is 2. The van der Waals surface area contributed by atoms with Crippen molar-refractivity contribution in [1.29, 1.82) is 0 Å². The predicted molar refractivity (Wildman–Crippen MR) is 123 cm³/mol. The summed E-state index contributed by atoms with van der Waals surface area (Å²) in [5, 5.41) is 20.5. The first-order valence-electron chi connectivity index (χ1n) is 12.8. The van der Waals surface area contributed by atoms with E-state index in [0.717, 1.165) is 49.4 Å². The standard InChI is InChI=1S/C27H43NO2/c1-17(24-11-12-25(2,30)16-28-24)21-7-8-22-20-6-5-18-15-19(29)9-13-26(18,3)23(20)10-14-27(21,22)4/h5,17,19-23,29-30H,6-16H2,1-4H3/t17-,19-,20-,21+,22-,23-,25+,26-,27+/m0/s1. The van der Waals surface area contributed by atoms with E-state index in [1.165, 1.54) is 44.2 Å². The van der Waals surface area contributed by atoms with Gasteiger partial charge in [-0.2, -0.15) is 0 Å². The summed E-state index contributed by atoms with van der Waals surface area (Å²) in [5.41, 5.74) is 3.15. The number of allylic oxidation sites excluding steroid dienone is 1. The highest BCUT2D eigenvalue weighted by atomic mass is 16.3. The quantitative estimate of drug-likeness (QED) is 0.583. The largest absolute Gasteiger partial charge is 0.393 e. The fourth-order valence-corrected chi connectivity index (χ4v) is 8.93. The zero-order chi connectivity index (χ0) is 21.3. The van der Waals surface area contributed by atoms with Crippen LogP contribution in [0.1, 0.15) is 91.9 Å². The molecule has 0 radical (unpaired) electrons. The average Bonchev–Trinajstić information content (AvgIpc) is 3.05. The van der Waals surface area contributed by atoms with Crippen LogP contribution in [0.15, 0.2) is 16.6 Å². The Labute approximate surface area is 183 Å². The Morgan fingerprint density at radius 3 is 2.57 bits per heavy atom. The summed E-state index contributed by atoms with van der Waals surface area (Å²) < 4.78 is 0. The molecule has 1 heterocycles. The molecule has 5 rings (SSSR count). The first-order valence-corrected chi connectivity index (χ1v) is 12.8. The first-order chi connectivity index (χ1) is 14.1. The molecule has 30 heavy (non-hydrogen) atoms. The molecule has 5 aliphatic rings. The molecule has 0 saturated heterocycles. The summed E-state index contributed by atoms with van der Waals surface area (Å²) in [4.78, 5) is 4.88. The Bertz CT molecular complexity index is 754. The van der Waals surface area contributed by atoms with Crippen molar-refractivity contribution in [1.82, 2.24) is 0 Å². The van der Waals surface area contributed by atoms with Gasteiger partial charge in [0.15, 0.2) is 0 Å². The van der Waals surface area contributed by atoms with Gasteiger partial charge < -0.3 is 10.2 Å². The molecule has 0 spiro atoms.